The van der Waals surface area contributed by atoms with Crippen LogP contribution in [0.25, 0.3) is 0 Å². The zero-order chi connectivity index (χ0) is 24.3. The van der Waals surface area contributed by atoms with Crippen LogP contribution in [0.1, 0.15) is 46.9 Å². The van der Waals surface area contributed by atoms with E-state index >= 15 is 0 Å². The molecular weight excluding hydrogens is 439 g/mol. The van der Waals surface area contributed by atoms with Crippen LogP contribution in [-0.4, -0.2) is 22.1 Å². The molecular formula is C25H23FN4O4. The molecule has 174 valence electrons. The molecule has 2 heterocycles. The fourth-order valence-electron chi connectivity index (χ4n) is 3.74. The second-order valence-corrected chi connectivity index (χ2v) is 8.30. The molecule has 1 N–H and O–H groups in total. The van der Waals surface area contributed by atoms with Crippen molar-refractivity contribution in [3.05, 3.63) is 92.9 Å². The standard InChI is InChI=1S/C25H23FN4O4/c1-25(2)24-29-20(22(31)28-14-17-8-9-19(26)12-18(17)13-27)21(23(32)30(24)10-11-34-25)33-15-16-6-4-3-5-7-16/h3-9,12H,10-11,14-15H2,1-2H3,(H,28,31). The number of nitrogens with one attached hydrogen (secondary N) is 1. The second kappa shape index (κ2) is 9.45. The number of rotatable bonds is 6. The molecule has 0 spiro atoms. The van der Waals surface area contributed by atoms with Crippen molar-refractivity contribution in [3.63, 3.8) is 0 Å². The minimum Gasteiger partial charge on any atom is -0.481 e. The first-order valence-electron chi connectivity index (χ1n) is 10.7. The maximum atomic E-state index is 13.4. The van der Waals surface area contributed by atoms with Gasteiger partial charge >= 0.3 is 0 Å². The van der Waals surface area contributed by atoms with Crippen LogP contribution >= 0.6 is 0 Å². The highest BCUT2D eigenvalue weighted by atomic mass is 19.1. The van der Waals surface area contributed by atoms with Gasteiger partial charge in [-0.15, -0.1) is 0 Å². The number of nitrogens with zero attached hydrogens (tertiary/aromatic N) is 3. The Balaban J connectivity index is 1.69. The molecule has 1 aromatic heterocycles. The van der Waals surface area contributed by atoms with E-state index in [0.717, 1.165) is 11.6 Å². The molecule has 2 aromatic carbocycles. The Morgan fingerprint density at radius 1 is 1.29 bits per heavy atom. The van der Waals surface area contributed by atoms with Gasteiger partial charge < -0.3 is 14.8 Å². The molecule has 34 heavy (non-hydrogen) atoms. The van der Waals surface area contributed by atoms with Crippen molar-refractivity contribution in [2.24, 2.45) is 0 Å². The molecule has 0 saturated heterocycles. The highest BCUT2D eigenvalue weighted by Gasteiger charge is 2.35. The molecule has 1 aliphatic rings. The lowest BCUT2D eigenvalue weighted by atomic mass is 10.1. The van der Waals surface area contributed by atoms with Crippen LogP contribution in [0.15, 0.2) is 53.3 Å². The first-order chi connectivity index (χ1) is 16.3. The minimum atomic E-state index is -0.880. The van der Waals surface area contributed by atoms with Crippen molar-refractivity contribution in [1.29, 1.82) is 5.26 Å². The summed E-state index contributed by atoms with van der Waals surface area (Å²) in [6, 6.07) is 14.9. The number of halogens is 1. The van der Waals surface area contributed by atoms with Crippen molar-refractivity contribution >= 4 is 5.91 Å². The van der Waals surface area contributed by atoms with Gasteiger partial charge in [0, 0.05) is 6.54 Å². The van der Waals surface area contributed by atoms with Gasteiger partial charge in [0.15, 0.2) is 5.69 Å². The normalized spacial score (nSPS) is 14.1. The van der Waals surface area contributed by atoms with E-state index in [0.29, 0.717) is 18.0 Å². The smallest absolute Gasteiger partial charge is 0.296 e. The highest BCUT2D eigenvalue weighted by Crippen LogP contribution is 2.28. The molecule has 0 saturated carbocycles. The zero-order valence-electron chi connectivity index (χ0n) is 18.8. The molecule has 1 amide bonds. The fourth-order valence-corrected chi connectivity index (χ4v) is 3.74. The van der Waals surface area contributed by atoms with Gasteiger partial charge in [-0.3, -0.25) is 14.2 Å². The lowest BCUT2D eigenvalue weighted by Crippen LogP contribution is -2.43. The van der Waals surface area contributed by atoms with E-state index in [1.165, 1.54) is 16.7 Å². The number of ether oxygens (including phenoxy) is 2. The summed E-state index contributed by atoms with van der Waals surface area (Å²) in [6.07, 6.45) is 0. The largest absolute Gasteiger partial charge is 0.481 e. The molecule has 0 aliphatic carbocycles. The number of carbonyl (C=O) groups is 1. The Morgan fingerprint density at radius 2 is 2.06 bits per heavy atom. The van der Waals surface area contributed by atoms with E-state index in [-0.39, 0.29) is 36.7 Å². The van der Waals surface area contributed by atoms with Crippen LogP contribution < -0.4 is 15.6 Å². The predicted octanol–water partition coefficient (Wildman–Crippen LogP) is 3.03. The predicted molar refractivity (Wildman–Crippen MR) is 121 cm³/mol. The maximum Gasteiger partial charge on any atom is 0.296 e. The van der Waals surface area contributed by atoms with Gasteiger partial charge in [0.25, 0.3) is 11.5 Å². The molecule has 0 atom stereocenters. The first kappa shape index (κ1) is 23.1. The number of amides is 1. The van der Waals surface area contributed by atoms with Crippen LogP contribution in [0.3, 0.4) is 0 Å². The summed E-state index contributed by atoms with van der Waals surface area (Å²) in [5, 5.41) is 11.9. The molecule has 0 fully saturated rings. The number of nitriles is 1. The molecule has 3 aromatic rings. The quantitative estimate of drug-likeness (QED) is 0.604. The summed E-state index contributed by atoms with van der Waals surface area (Å²) in [7, 11) is 0. The summed E-state index contributed by atoms with van der Waals surface area (Å²) < 4.78 is 26.5. The molecule has 0 unspecified atom stereocenters. The monoisotopic (exact) mass is 462 g/mol. The molecule has 0 radical (unpaired) electrons. The van der Waals surface area contributed by atoms with Gasteiger partial charge in [-0.05, 0) is 37.1 Å². The Labute approximate surface area is 195 Å². The second-order valence-electron chi connectivity index (χ2n) is 8.30. The number of aromatic nitrogens is 2. The Kier molecular flexibility index (Phi) is 6.43. The Bertz CT molecular complexity index is 1330. The average Bonchev–Trinajstić information content (AvgIpc) is 2.83. The van der Waals surface area contributed by atoms with Crippen LogP contribution in [0, 0.1) is 17.1 Å². The topological polar surface area (TPSA) is 106 Å². The zero-order valence-corrected chi connectivity index (χ0v) is 18.8. The lowest BCUT2D eigenvalue weighted by molar-refractivity contribution is -0.0567. The fraction of sp³-hybridized carbons (Fsp3) is 0.280. The molecule has 8 nitrogen and oxygen atoms in total. The lowest BCUT2D eigenvalue weighted by Gasteiger charge is -2.32. The van der Waals surface area contributed by atoms with Crippen molar-refractivity contribution in [3.8, 4) is 11.8 Å². The number of fused-ring (bicyclic) bond motifs is 1. The summed E-state index contributed by atoms with van der Waals surface area (Å²) in [5.41, 5.74) is -0.163. The van der Waals surface area contributed by atoms with Gasteiger partial charge in [0.1, 0.15) is 23.8 Å². The Morgan fingerprint density at radius 3 is 2.79 bits per heavy atom. The first-order valence-corrected chi connectivity index (χ1v) is 10.7. The molecule has 9 heteroatoms. The maximum absolute atomic E-state index is 13.4. The Hall–Kier alpha value is -4.03. The van der Waals surface area contributed by atoms with Crippen molar-refractivity contribution < 1.29 is 18.7 Å². The molecule has 4 rings (SSSR count). The van der Waals surface area contributed by atoms with Gasteiger partial charge in [-0.1, -0.05) is 36.4 Å². The van der Waals surface area contributed by atoms with Crippen molar-refractivity contribution in [2.45, 2.75) is 39.1 Å². The van der Waals surface area contributed by atoms with Crippen LogP contribution in [0.5, 0.6) is 5.75 Å². The van der Waals surface area contributed by atoms with Crippen LogP contribution in [0.2, 0.25) is 0 Å². The summed E-state index contributed by atoms with van der Waals surface area (Å²) in [6.45, 7) is 4.18. The SMILES string of the molecule is CC1(C)OCCn2c1nc(C(=O)NCc1ccc(F)cc1C#N)c(OCc1ccccc1)c2=O. The number of hydrogen-bond donors (Lipinski definition) is 1. The van der Waals surface area contributed by atoms with E-state index < -0.39 is 22.9 Å². The van der Waals surface area contributed by atoms with E-state index in [9.17, 15) is 19.2 Å². The van der Waals surface area contributed by atoms with Crippen LogP contribution in [0.4, 0.5) is 4.39 Å². The average molecular weight is 462 g/mol. The van der Waals surface area contributed by atoms with Crippen molar-refractivity contribution in [1.82, 2.24) is 14.9 Å². The van der Waals surface area contributed by atoms with E-state index in [1.807, 2.05) is 36.4 Å². The van der Waals surface area contributed by atoms with E-state index in [2.05, 4.69) is 10.3 Å². The minimum absolute atomic E-state index is 0.0554. The third-order valence-corrected chi connectivity index (χ3v) is 5.52. The number of carbonyl (C=O) groups excluding carboxylic acids is 1. The van der Waals surface area contributed by atoms with Gasteiger partial charge in [0.2, 0.25) is 5.75 Å². The van der Waals surface area contributed by atoms with Gasteiger partial charge in [-0.2, -0.15) is 5.26 Å². The van der Waals surface area contributed by atoms with Gasteiger partial charge in [0.05, 0.1) is 24.8 Å². The van der Waals surface area contributed by atoms with Gasteiger partial charge in [-0.25, -0.2) is 9.37 Å². The number of hydrogen-bond acceptors (Lipinski definition) is 6. The third kappa shape index (κ3) is 4.67. The van der Waals surface area contributed by atoms with Crippen LogP contribution in [-0.2, 0) is 30.0 Å². The van der Waals surface area contributed by atoms with E-state index in [1.54, 1.807) is 13.8 Å². The van der Waals surface area contributed by atoms with Crippen molar-refractivity contribution in [2.75, 3.05) is 6.61 Å². The summed E-state index contributed by atoms with van der Waals surface area (Å²) in [5.74, 6) is -1.05. The highest BCUT2D eigenvalue weighted by molar-refractivity contribution is 5.94. The third-order valence-electron chi connectivity index (χ3n) is 5.52. The molecule has 0 bridgehead atoms. The summed E-state index contributed by atoms with van der Waals surface area (Å²) >= 11 is 0. The number of benzene rings is 2. The molecule has 1 aliphatic heterocycles. The van der Waals surface area contributed by atoms with E-state index in [4.69, 9.17) is 9.47 Å². The summed E-state index contributed by atoms with van der Waals surface area (Å²) in [4.78, 5) is 31.0.